The molecule has 0 heterocycles. The standard InChI is InChI=1S/C10H9ClNO2/c1-8(13)12(10(14)7-11)9-5-3-2-4-6-9/h3-6H,7H2,1H3. The molecular formula is C10H9ClNO2. The summed E-state index contributed by atoms with van der Waals surface area (Å²) in [7, 11) is 0. The Hall–Kier alpha value is -1.35. The summed E-state index contributed by atoms with van der Waals surface area (Å²) in [6.45, 7) is 1.32. The lowest BCUT2D eigenvalue weighted by molar-refractivity contribution is -0.124. The average molecular weight is 211 g/mol. The third-order valence-corrected chi connectivity index (χ3v) is 1.87. The van der Waals surface area contributed by atoms with Crippen LogP contribution in [0.4, 0.5) is 5.69 Å². The van der Waals surface area contributed by atoms with Crippen molar-refractivity contribution in [3.8, 4) is 0 Å². The first-order chi connectivity index (χ1) is 6.66. The summed E-state index contributed by atoms with van der Waals surface area (Å²) in [5.41, 5.74) is 0.516. The van der Waals surface area contributed by atoms with E-state index in [0.717, 1.165) is 4.90 Å². The molecule has 0 bridgehead atoms. The SMILES string of the molecule is CC(=O)N(C(=O)CCl)c1cc[c]cc1. The number of imide groups is 1. The molecule has 14 heavy (non-hydrogen) atoms. The van der Waals surface area contributed by atoms with Gasteiger partial charge in [-0.1, -0.05) is 12.1 Å². The van der Waals surface area contributed by atoms with Gasteiger partial charge in [0, 0.05) is 6.92 Å². The van der Waals surface area contributed by atoms with E-state index in [0.29, 0.717) is 5.69 Å². The lowest BCUT2D eigenvalue weighted by Crippen LogP contribution is -2.35. The first-order valence-corrected chi connectivity index (χ1v) is 4.56. The quantitative estimate of drug-likeness (QED) is 0.696. The number of benzene rings is 1. The van der Waals surface area contributed by atoms with Crippen LogP contribution in [0.2, 0.25) is 0 Å². The van der Waals surface area contributed by atoms with Gasteiger partial charge in [0.25, 0.3) is 0 Å². The van der Waals surface area contributed by atoms with Crippen LogP contribution in [0, 0.1) is 6.07 Å². The predicted molar refractivity (Wildman–Crippen MR) is 54.2 cm³/mol. The minimum Gasteiger partial charge on any atom is -0.274 e. The topological polar surface area (TPSA) is 37.4 Å². The Kier molecular flexibility index (Phi) is 3.65. The maximum Gasteiger partial charge on any atom is 0.248 e. The summed E-state index contributed by atoms with van der Waals surface area (Å²) in [5.74, 6) is -0.981. The molecule has 0 aliphatic carbocycles. The monoisotopic (exact) mass is 210 g/mol. The zero-order chi connectivity index (χ0) is 10.6. The van der Waals surface area contributed by atoms with Gasteiger partial charge in [-0.25, -0.2) is 4.90 Å². The van der Waals surface area contributed by atoms with Crippen molar-refractivity contribution in [1.29, 1.82) is 0 Å². The van der Waals surface area contributed by atoms with Crippen molar-refractivity contribution in [2.75, 3.05) is 10.8 Å². The van der Waals surface area contributed by atoms with Crippen molar-refractivity contribution in [3.05, 3.63) is 30.3 Å². The molecule has 0 aliphatic rings. The van der Waals surface area contributed by atoms with E-state index in [-0.39, 0.29) is 11.8 Å². The average Bonchev–Trinajstić information content (AvgIpc) is 2.19. The molecule has 0 N–H and O–H groups in total. The normalized spacial score (nSPS) is 9.57. The van der Waals surface area contributed by atoms with E-state index < -0.39 is 5.91 Å². The molecule has 1 rings (SSSR count). The van der Waals surface area contributed by atoms with Gasteiger partial charge in [0.15, 0.2) is 0 Å². The van der Waals surface area contributed by atoms with Crippen LogP contribution in [0.3, 0.4) is 0 Å². The van der Waals surface area contributed by atoms with Gasteiger partial charge in [-0.15, -0.1) is 11.6 Å². The summed E-state index contributed by atoms with van der Waals surface area (Å²) in [6.07, 6.45) is 0. The van der Waals surface area contributed by atoms with Crippen LogP contribution in [0.5, 0.6) is 0 Å². The van der Waals surface area contributed by atoms with Crippen molar-refractivity contribution >= 4 is 29.1 Å². The number of halogens is 1. The van der Waals surface area contributed by atoms with E-state index in [9.17, 15) is 9.59 Å². The smallest absolute Gasteiger partial charge is 0.248 e. The van der Waals surface area contributed by atoms with Crippen LogP contribution in [-0.2, 0) is 9.59 Å². The fourth-order valence-corrected chi connectivity index (χ4v) is 1.21. The Bertz CT molecular complexity index is 337. The number of nitrogens with zero attached hydrogens (tertiary/aromatic N) is 1. The molecule has 73 valence electrons. The van der Waals surface area contributed by atoms with Crippen LogP contribution < -0.4 is 4.90 Å². The van der Waals surface area contributed by atoms with E-state index in [1.807, 2.05) is 0 Å². The largest absolute Gasteiger partial charge is 0.274 e. The number of carbonyl (C=O) groups is 2. The van der Waals surface area contributed by atoms with Gasteiger partial charge in [-0.3, -0.25) is 9.59 Å². The zero-order valence-corrected chi connectivity index (χ0v) is 8.41. The molecule has 0 aromatic heterocycles. The van der Waals surface area contributed by atoms with Crippen LogP contribution in [0.15, 0.2) is 24.3 Å². The minimum absolute atomic E-state index is 0.210. The van der Waals surface area contributed by atoms with Gasteiger partial charge in [-0.05, 0) is 18.2 Å². The zero-order valence-electron chi connectivity index (χ0n) is 7.66. The fourth-order valence-electron chi connectivity index (χ4n) is 1.09. The van der Waals surface area contributed by atoms with E-state index in [4.69, 9.17) is 11.6 Å². The van der Waals surface area contributed by atoms with Crippen molar-refractivity contribution in [2.24, 2.45) is 0 Å². The molecule has 0 aliphatic heterocycles. The molecular weight excluding hydrogens is 202 g/mol. The van der Waals surface area contributed by atoms with E-state index in [1.54, 1.807) is 24.3 Å². The van der Waals surface area contributed by atoms with Crippen LogP contribution in [0.25, 0.3) is 0 Å². The Morgan fingerprint density at radius 1 is 1.43 bits per heavy atom. The van der Waals surface area contributed by atoms with E-state index >= 15 is 0 Å². The molecule has 2 amide bonds. The lowest BCUT2D eigenvalue weighted by Gasteiger charge is -2.17. The first-order valence-electron chi connectivity index (χ1n) is 4.02. The number of rotatable bonds is 2. The maximum atomic E-state index is 11.3. The molecule has 3 nitrogen and oxygen atoms in total. The molecule has 4 heteroatoms. The summed E-state index contributed by atoms with van der Waals surface area (Å²) >= 11 is 5.39. The van der Waals surface area contributed by atoms with Crippen molar-refractivity contribution in [2.45, 2.75) is 6.92 Å². The summed E-state index contributed by atoms with van der Waals surface area (Å²) < 4.78 is 0. The van der Waals surface area contributed by atoms with E-state index in [1.165, 1.54) is 6.92 Å². The van der Waals surface area contributed by atoms with Gasteiger partial charge in [0.05, 0.1) is 5.69 Å². The third-order valence-electron chi connectivity index (χ3n) is 1.64. The number of anilines is 1. The van der Waals surface area contributed by atoms with Gasteiger partial charge in [0.1, 0.15) is 5.88 Å². The highest BCUT2D eigenvalue weighted by Gasteiger charge is 2.18. The van der Waals surface area contributed by atoms with Gasteiger partial charge >= 0.3 is 0 Å². The van der Waals surface area contributed by atoms with Crippen LogP contribution in [0.1, 0.15) is 6.92 Å². The number of carbonyl (C=O) groups excluding carboxylic acids is 2. The van der Waals surface area contributed by atoms with Gasteiger partial charge in [-0.2, -0.15) is 0 Å². The Morgan fingerprint density at radius 2 is 2.00 bits per heavy atom. The molecule has 1 aromatic carbocycles. The first kappa shape index (κ1) is 10.7. The molecule has 1 aromatic rings. The molecule has 0 saturated carbocycles. The third kappa shape index (κ3) is 2.33. The highest BCUT2D eigenvalue weighted by atomic mass is 35.5. The van der Waals surface area contributed by atoms with Crippen LogP contribution in [-0.4, -0.2) is 17.7 Å². The highest BCUT2D eigenvalue weighted by molar-refractivity contribution is 6.32. The molecule has 0 unspecified atom stereocenters. The second-order valence-electron chi connectivity index (χ2n) is 2.64. The molecule has 0 spiro atoms. The Morgan fingerprint density at radius 3 is 2.43 bits per heavy atom. The Balaban J connectivity index is 3.01. The number of amides is 2. The summed E-state index contributed by atoms with van der Waals surface area (Å²) in [5, 5.41) is 0. The molecule has 0 saturated heterocycles. The highest BCUT2D eigenvalue weighted by Crippen LogP contribution is 2.13. The molecule has 0 fully saturated rings. The lowest BCUT2D eigenvalue weighted by atomic mass is 10.3. The molecule has 0 atom stereocenters. The van der Waals surface area contributed by atoms with Gasteiger partial charge < -0.3 is 0 Å². The van der Waals surface area contributed by atoms with Crippen molar-refractivity contribution in [3.63, 3.8) is 0 Å². The van der Waals surface area contributed by atoms with Crippen molar-refractivity contribution in [1.82, 2.24) is 0 Å². The fraction of sp³-hybridized carbons (Fsp3) is 0.200. The second-order valence-corrected chi connectivity index (χ2v) is 2.91. The summed E-state index contributed by atoms with van der Waals surface area (Å²) in [4.78, 5) is 23.5. The number of hydrogen-bond donors (Lipinski definition) is 0. The second kappa shape index (κ2) is 4.77. The number of alkyl halides is 1. The van der Waals surface area contributed by atoms with Crippen LogP contribution >= 0.6 is 11.6 Å². The van der Waals surface area contributed by atoms with E-state index in [2.05, 4.69) is 6.07 Å². The van der Waals surface area contributed by atoms with Gasteiger partial charge in [0.2, 0.25) is 11.8 Å². The van der Waals surface area contributed by atoms with Crippen molar-refractivity contribution < 1.29 is 9.59 Å². The Labute approximate surface area is 87.3 Å². The predicted octanol–water partition coefficient (Wildman–Crippen LogP) is 1.61. The maximum absolute atomic E-state index is 11.3. The number of hydrogen-bond acceptors (Lipinski definition) is 2. The minimum atomic E-state index is -0.426. The summed E-state index contributed by atoms with van der Waals surface area (Å²) in [6, 6.07) is 9.33. The molecule has 1 radical (unpaired) electrons.